The summed E-state index contributed by atoms with van der Waals surface area (Å²) in [6.07, 6.45) is 6.35. The number of rotatable bonds is 3. The van der Waals surface area contributed by atoms with Gasteiger partial charge in [0.25, 0.3) is 0 Å². The molecule has 0 bridgehead atoms. The van der Waals surface area contributed by atoms with Gasteiger partial charge in [-0.15, -0.1) is 0 Å². The van der Waals surface area contributed by atoms with Crippen molar-refractivity contribution in [2.75, 3.05) is 10.6 Å². The molecule has 8 heteroatoms. The highest BCUT2D eigenvalue weighted by Crippen LogP contribution is 2.18. The molecule has 6 nitrogen and oxygen atoms in total. The molecule has 1 aromatic carbocycles. The second-order valence-electron chi connectivity index (χ2n) is 4.55. The second kappa shape index (κ2) is 6.22. The molecule has 2 amide bonds. The fourth-order valence-corrected chi connectivity index (χ4v) is 1.90. The molecular formula is C15H11F2N5O. The monoisotopic (exact) mass is 315 g/mol. The van der Waals surface area contributed by atoms with Gasteiger partial charge in [-0.25, -0.2) is 23.5 Å². The van der Waals surface area contributed by atoms with Gasteiger partial charge in [-0.2, -0.15) is 0 Å². The zero-order chi connectivity index (χ0) is 16.2. The first-order valence-electron chi connectivity index (χ1n) is 6.60. The molecular weight excluding hydrogens is 304 g/mol. The molecule has 0 spiro atoms. The molecule has 23 heavy (non-hydrogen) atoms. The van der Waals surface area contributed by atoms with Crippen LogP contribution in [0.15, 0.2) is 55.2 Å². The van der Waals surface area contributed by atoms with E-state index in [9.17, 15) is 13.6 Å². The lowest BCUT2D eigenvalue weighted by atomic mass is 10.3. The van der Waals surface area contributed by atoms with Crippen molar-refractivity contribution >= 4 is 17.4 Å². The van der Waals surface area contributed by atoms with Gasteiger partial charge in [0.05, 0.1) is 11.9 Å². The molecule has 0 aliphatic heterocycles. The van der Waals surface area contributed by atoms with Crippen molar-refractivity contribution in [2.24, 2.45) is 0 Å². The van der Waals surface area contributed by atoms with Gasteiger partial charge in [-0.3, -0.25) is 4.57 Å². The molecule has 0 unspecified atom stereocenters. The van der Waals surface area contributed by atoms with Crippen LogP contribution in [-0.2, 0) is 0 Å². The predicted molar refractivity (Wildman–Crippen MR) is 80.4 cm³/mol. The van der Waals surface area contributed by atoms with Gasteiger partial charge in [-0.1, -0.05) is 6.07 Å². The van der Waals surface area contributed by atoms with Crippen molar-refractivity contribution in [1.29, 1.82) is 0 Å². The van der Waals surface area contributed by atoms with E-state index in [1.165, 1.54) is 12.3 Å². The van der Waals surface area contributed by atoms with Gasteiger partial charge < -0.3 is 10.6 Å². The van der Waals surface area contributed by atoms with E-state index >= 15 is 0 Å². The van der Waals surface area contributed by atoms with Crippen LogP contribution in [0.5, 0.6) is 0 Å². The fourth-order valence-electron chi connectivity index (χ4n) is 1.90. The predicted octanol–water partition coefficient (Wildman–Crippen LogP) is 3.19. The summed E-state index contributed by atoms with van der Waals surface area (Å²) in [7, 11) is 0. The van der Waals surface area contributed by atoms with Gasteiger partial charge in [0.2, 0.25) is 0 Å². The highest BCUT2D eigenvalue weighted by Gasteiger charge is 2.12. The van der Waals surface area contributed by atoms with Crippen molar-refractivity contribution in [2.45, 2.75) is 0 Å². The van der Waals surface area contributed by atoms with Crippen LogP contribution in [0.25, 0.3) is 5.82 Å². The number of carbonyl (C=O) groups is 1. The lowest BCUT2D eigenvalue weighted by Gasteiger charge is -2.09. The Kier molecular flexibility index (Phi) is 3.96. The summed E-state index contributed by atoms with van der Waals surface area (Å²) in [5.41, 5.74) is -0.129. The standard InChI is InChI=1S/C15H11F2N5O/c16-11-2-1-3-12(17)14(11)21-15(23)20-10-4-5-13(19-8-10)22-7-6-18-9-22/h1-9H,(H2,20,21,23). The van der Waals surface area contributed by atoms with Crippen molar-refractivity contribution in [3.8, 4) is 5.82 Å². The summed E-state index contributed by atoms with van der Waals surface area (Å²) in [5, 5.41) is 4.57. The Morgan fingerprint density at radius 2 is 1.87 bits per heavy atom. The summed E-state index contributed by atoms with van der Waals surface area (Å²) in [4.78, 5) is 19.9. The van der Waals surface area contributed by atoms with Crippen LogP contribution < -0.4 is 10.6 Å². The third-order valence-electron chi connectivity index (χ3n) is 2.98. The molecule has 3 rings (SSSR count). The second-order valence-corrected chi connectivity index (χ2v) is 4.55. The largest absolute Gasteiger partial charge is 0.323 e. The van der Waals surface area contributed by atoms with E-state index in [1.54, 1.807) is 35.4 Å². The summed E-state index contributed by atoms with van der Waals surface area (Å²) in [6.45, 7) is 0. The number of pyridine rings is 1. The van der Waals surface area contributed by atoms with Gasteiger partial charge in [0.1, 0.15) is 29.5 Å². The molecule has 0 radical (unpaired) electrons. The quantitative estimate of drug-likeness (QED) is 0.779. The summed E-state index contributed by atoms with van der Waals surface area (Å²) in [5.74, 6) is -1.09. The fraction of sp³-hybridized carbons (Fsp3) is 0. The number of amides is 2. The van der Waals surface area contributed by atoms with Crippen molar-refractivity contribution < 1.29 is 13.6 Å². The smallest absolute Gasteiger partial charge is 0.306 e. The molecule has 0 aliphatic rings. The number of hydrogen-bond donors (Lipinski definition) is 2. The highest BCUT2D eigenvalue weighted by atomic mass is 19.1. The molecule has 3 aromatic rings. The lowest BCUT2D eigenvalue weighted by Crippen LogP contribution is -2.21. The van der Waals surface area contributed by atoms with Crippen molar-refractivity contribution in [3.63, 3.8) is 0 Å². The third kappa shape index (κ3) is 3.31. The number of halogens is 2. The number of urea groups is 1. The van der Waals surface area contributed by atoms with E-state index in [0.29, 0.717) is 11.5 Å². The third-order valence-corrected chi connectivity index (χ3v) is 2.98. The van der Waals surface area contributed by atoms with E-state index in [0.717, 1.165) is 12.1 Å². The number of hydrogen-bond acceptors (Lipinski definition) is 3. The number of carbonyl (C=O) groups excluding carboxylic acids is 1. The summed E-state index contributed by atoms with van der Waals surface area (Å²) in [6, 6.07) is 5.83. The average Bonchev–Trinajstić information content (AvgIpc) is 3.06. The van der Waals surface area contributed by atoms with E-state index in [2.05, 4.69) is 20.6 Å². The maximum absolute atomic E-state index is 13.5. The zero-order valence-corrected chi connectivity index (χ0v) is 11.7. The first-order chi connectivity index (χ1) is 11.1. The minimum absolute atomic E-state index is 0.378. The molecule has 0 fully saturated rings. The molecule has 2 aromatic heterocycles. The van der Waals surface area contributed by atoms with E-state index in [1.807, 2.05) is 0 Å². The summed E-state index contributed by atoms with van der Waals surface area (Å²) >= 11 is 0. The minimum atomic E-state index is -0.853. The Morgan fingerprint density at radius 3 is 2.48 bits per heavy atom. The van der Waals surface area contributed by atoms with Crippen molar-refractivity contribution in [1.82, 2.24) is 14.5 Å². The Labute approximate surface area is 129 Å². The Morgan fingerprint density at radius 1 is 1.09 bits per heavy atom. The molecule has 2 N–H and O–H groups in total. The van der Waals surface area contributed by atoms with E-state index in [-0.39, 0.29) is 0 Å². The topological polar surface area (TPSA) is 71.8 Å². The van der Waals surface area contributed by atoms with Crippen molar-refractivity contribution in [3.05, 3.63) is 66.9 Å². The Hall–Kier alpha value is -3.29. The first kappa shape index (κ1) is 14.6. The van der Waals surface area contributed by atoms with Crippen LogP contribution in [0.3, 0.4) is 0 Å². The number of anilines is 2. The Bertz CT molecular complexity index is 798. The molecule has 2 heterocycles. The van der Waals surface area contributed by atoms with Gasteiger partial charge >= 0.3 is 6.03 Å². The SMILES string of the molecule is O=C(Nc1ccc(-n2ccnc2)nc1)Nc1c(F)cccc1F. The molecule has 0 saturated heterocycles. The average molecular weight is 315 g/mol. The number of benzene rings is 1. The summed E-state index contributed by atoms with van der Waals surface area (Å²) < 4.78 is 28.6. The van der Waals surface area contributed by atoms with E-state index in [4.69, 9.17) is 0 Å². The van der Waals surface area contributed by atoms with Crippen LogP contribution in [0.1, 0.15) is 0 Å². The van der Waals surface area contributed by atoms with Crippen LogP contribution in [0.4, 0.5) is 25.0 Å². The maximum atomic E-state index is 13.5. The molecule has 0 atom stereocenters. The zero-order valence-electron chi connectivity index (χ0n) is 11.7. The van der Waals surface area contributed by atoms with Crippen LogP contribution in [-0.4, -0.2) is 20.6 Å². The number of nitrogens with zero attached hydrogens (tertiary/aromatic N) is 3. The first-order valence-corrected chi connectivity index (χ1v) is 6.60. The van der Waals surface area contributed by atoms with Crippen LogP contribution >= 0.6 is 0 Å². The van der Waals surface area contributed by atoms with Gasteiger partial charge in [-0.05, 0) is 24.3 Å². The van der Waals surface area contributed by atoms with Gasteiger partial charge in [0.15, 0.2) is 0 Å². The van der Waals surface area contributed by atoms with E-state index < -0.39 is 23.4 Å². The number of para-hydroxylation sites is 1. The molecule has 116 valence electrons. The Balaban J connectivity index is 1.68. The number of aromatic nitrogens is 3. The van der Waals surface area contributed by atoms with Crippen LogP contribution in [0, 0.1) is 11.6 Å². The molecule has 0 saturated carbocycles. The lowest BCUT2D eigenvalue weighted by molar-refractivity contribution is 0.262. The van der Waals surface area contributed by atoms with Crippen LogP contribution in [0.2, 0.25) is 0 Å². The number of imidazole rings is 1. The maximum Gasteiger partial charge on any atom is 0.323 e. The minimum Gasteiger partial charge on any atom is -0.306 e. The number of nitrogens with one attached hydrogen (secondary N) is 2. The van der Waals surface area contributed by atoms with Gasteiger partial charge in [0, 0.05) is 12.4 Å². The molecule has 0 aliphatic carbocycles. The normalized spacial score (nSPS) is 10.3. The highest BCUT2D eigenvalue weighted by molar-refractivity contribution is 5.99.